The molecule has 0 radical (unpaired) electrons. The van der Waals surface area contributed by atoms with E-state index in [-0.39, 0.29) is 0 Å². The molecule has 1 heterocycles. The van der Waals surface area contributed by atoms with Gasteiger partial charge in [-0.15, -0.1) is 5.10 Å². The second-order valence-corrected chi connectivity index (χ2v) is 4.81. The monoisotopic (exact) mass is 323 g/mol. The minimum atomic E-state index is 0.465. The molecule has 7 nitrogen and oxygen atoms in total. The van der Waals surface area contributed by atoms with Crippen molar-refractivity contribution < 1.29 is 9.47 Å². The zero-order chi connectivity index (χ0) is 15.9. The minimum absolute atomic E-state index is 0.465. The third-order valence-electron chi connectivity index (χ3n) is 2.83. The molecular formula is C14H18ClN5O2. The average Bonchev–Trinajstić information content (AvgIpc) is 2.54. The zero-order valence-electron chi connectivity index (χ0n) is 12.7. The van der Waals surface area contributed by atoms with Crippen molar-refractivity contribution in [3.05, 3.63) is 23.4 Å². The Morgan fingerprint density at radius 1 is 1.18 bits per heavy atom. The van der Waals surface area contributed by atoms with Crippen molar-refractivity contribution in [3.8, 4) is 11.5 Å². The highest BCUT2D eigenvalue weighted by molar-refractivity contribution is 6.32. The van der Waals surface area contributed by atoms with Crippen LogP contribution < -0.4 is 20.1 Å². The van der Waals surface area contributed by atoms with Gasteiger partial charge in [0.1, 0.15) is 11.5 Å². The van der Waals surface area contributed by atoms with Crippen LogP contribution in [-0.4, -0.2) is 35.9 Å². The Bertz CT molecular complexity index is 639. The van der Waals surface area contributed by atoms with Crippen LogP contribution in [0.1, 0.15) is 13.3 Å². The number of rotatable bonds is 7. The molecule has 1 aromatic carbocycles. The molecule has 2 N–H and O–H groups in total. The van der Waals surface area contributed by atoms with E-state index in [2.05, 4.69) is 32.7 Å². The number of halogens is 1. The second-order valence-electron chi connectivity index (χ2n) is 4.40. The summed E-state index contributed by atoms with van der Waals surface area (Å²) in [5.41, 5.74) is 0.672. The van der Waals surface area contributed by atoms with Crippen molar-refractivity contribution in [1.29, 1.82) is 0 Å². The first kappa shape index (κ1) is 16.1. The van der Waals surface area contributed by atoms with E-state index in [0.717, 1.165) is 13.0 Å². The number of anilines is 3. The van der Waals surface area contributed by atoms with Gasteiger partial charge in [0.05, 0.1) is 31.1 Å². The molecule has 8 heteroatoms. The van der Waals surface area contributed by atoms with Crippen LogP contribution in [0.5, 0.6) is 11.5 Å². The smallest absolute Gasteiger partial charge is 0.244 e. The maximum atomic E-state index is 6.08. The Kier molecular flexibility index (Phi) is 5.60. The predicted octanol–water partition coefficient (Wildman–Crippen LogP) is 3.11. The molecule has 2 rings (SSSR count). The molecule has 1 aromatic heterocycles. The number of hydrogen-bond acceptors (Lipinski definition) is 7. The standard InChI is InChI=1S/C14H18ClN5O2/c1-4-5-16-14-19-13(8-17-20-14)18-10-7-11(21-2)9(15)6-12(10)22-3/h6-8H,4-5H2,1-3H3,(H2,16,18,19,20). The van der Waals surface area contributed by atoms with E-state index in [9.17, 15) is 0 Å². The number of hydrogen-bond donors (Lipinski definition) is 2. The van der Waals surface area contributed by atoms with E-state index in [1.165, 1.54) is 6.20 Å². The lowest BCUT2D eigenvalue weighted by Gasteiger charge is -2.13. The van der Waals surface area contributed by atoms with Crippen LogP contribution in [0.25, 0.3) is 0 Å². The van der Waals surface area contributed by atoms with E-state index in [1.807, 2.05) is 0 Å². The number of methoxy groups -OCH3 is 2. The lowest BCUT2D eigenvalue weighted by molar-refractivity contribution is 0.405. The largest absolute Gasteiger partial charge is 0.495 e. The van der Waals surface area contributed by atoms with E-state index < -0.39 is 0 Å². The van der Waals surface area contributed by atoms with Gasteiger partial charge in [-0.25, -0.2) is 0 Å². The Morgan fingerprint density at radius 3 is 2.64 bits per heavy atom. The lowest BCUT2D eigenvalue weighted by atomic mass is 10.2. The van der Waals surface area contributed by atoms with Crippen molar-refractivity contribution in [2.24, 2.45) is 0 Å². The van der Waals surface area contributed by atoms with E-state index >= 15 is 0 Å². The number of ether oxygens (including phenoxy) is 2. The number of benzene rings is 1. The second kappa shape index (κ2) is 7.65. The summed E-state index contributed by atoms with van der Waals surface area (Å²) in [6.45, 7) is 2.84. The van der Waals surface area contributed by atoms with Crippen molar-refractivity contribution in [2.45, 2.75) is 13.3 Å². The Labute approximate surface area is 134 Å². The molecule has 2 aromatic rings. The van der Waals surface area contributed by atoms with E-state index in [0.29, 0.717) is 34.0 Å². The summed E-state index contributed by atoms with van der Waals surface area (Å²) in [7, 11) is 3.12. The fraction of sp³-hybridized carbons (Fsp3) is 0.357. The minimum Gasteiger partial charge on any atom is -0.495 e. The molecule has 118 valence electrons. The quantitative estimate of drug-likeness (QED) is 0.810. The highest BCUT2D eigenvalue weighted by atomic mass is 35.5. The van der Waals surface area contributed by atoms with Crippen molar-refractivity contribution in [2.75, 3.05) is 31.4 Å². The van der Waals surface area contributed by atoms with Gasteiger partial charge in [-0.05, 0) is 6.42 Å². The van der Waals surface area contributed by atoms with Gasteiger partial charge >= 0.3 is 0 Å². The third kappa shape index (κ3) is 3.88. The van der Waals surface area contributed by atoms with Crippen LogP contribution >= 0.6 is 11.6 Å². The lowest BCUT2D eigenvalue weighted by Crippen LogP contribution is -2.07. The topological polar surface area (TPSA) is 81.2 Å². The predicted molar refractivity (Wildman–Crippen MR) is 86.4 cm³/mol. The molecular weight excluding hydrogens is 306 g/mol. The highest BCUT2D eigenvalue weighted by Crippen LogP contribution is 2.36. The molecule has 0 aliphatic carbocycles. The van der Waals surface area contributed by atoms with Gasteiger partial charge < -0.3 is 20.1 Å². The molecule has 22 heavy (non-hydrogen) atoms. The summed E-state index contributed by atoms with van der Waals surface area (Å²) < 4.78 is 10.5. The van der Waals surface area contributed by atoms with Crippen LogP contribution in [0, 0.1) is 0 Å². The number of nitrogens with one attached hydrogen (secondary N) is 2. The molecule has 0 unspecified atom stereocenters. The maximum absolute atomic E-state index is 6.08. The van der Waals surface area contributed by atoms with Gasteiger partial charge in [-0.3, -0.25) is 0 Å². The van der Waals surface area contributed by atoms with Crippen LogP contribution in [0.3, 0.4) is 0 Å². The van der Waals surface area contributed by atoms with Crippen LogP contribution in [0.15, 0.2) is 18.3 Å². The van der Waals surface area contributed by atoms with Crippen LogP contribution in [0.4, 0.5) is 17.5 Å². The van der Waals surface area contributed by atoms with Gasteiger partial charge in [0.25, 0.3) is 0 Å². The Hall–Kier alpha value is -2.28. The summed E-state index contributed by atoms with van der Waals surface area (Å²) in [6.07, 6.45) is 2.50. The number of aromatic nitrogens is 3. The molecule has 0 atom stereocenters. The Morgan fingerprint density at radius 2 is 1.95 bits per heavy atom. The van der Waals surface area contributed by atoms with Gasteiger partial charge in [0, 0.05) is 18.7 Å². The van der Waals surface area contributed by atoms with Crippen LogP contribution in [0.2, 0.25) is 5.02 Å². The van der Waals surface area contributed by atoms with E-state index in [1.54, 1.807) is 26.4 Å². The molecule has 0 spiro atoms. The molecule has 0 saturated heterocycles. The van der Waals surface area contributed by atoms with Crippen molar-refractivity contribution >= 4 is 29.1 Å². The molecule has 0 bridgehead atoms. The van der Waals surface area contributed by atoms with Gasteiger partial charge in [-0.1, -0.05) is 18.5 Å². The van der Waals surface area contributed by atoms with Crippen molar-refractivity contribution in [1.82, 2.24) is 15.2 Å². The third-order valence-corrected chi connectivity index (χ3v) is 3.12. The van der Waals surface area contributed by atoms with Gasteiger partial charge in [0.15, 0.2) is 5.82 Å². The summed E-state index contributed by atoms with van der Waals surface area (Å²) >= 11 is 6.08. The normalized spacial score (nSPS) is 10.2. The van der Waals surface area contributed by atoms with Gasteiger partial charge in [0.2, 0.25) is 5.95 Å². The first-order chi connectivity index (χ1) is 10.7. The molecule has 0 saturated carbocycles. The summed E-state index contributed by atoms with van der Waals surface area (Å²) in [6, 6.07) is 3.41. The van der Waals surface area contributed by atoms with E-state index in [4.69, 9.17) is 21.1 Å². The molecule has 0 aliphatic heterocycles. The number of nitrogens with zero attached hydrogens (tertiary/aromatic N) is 3. The summed E-state index contributed by atoms with van der Waals surface area (Å²) in [4.78, 5) is 4.33. The fourth-order valence-corrected chi connectivity index (χ4v) is 2.00. The molecule has 0 amide bonds. The molecule has 0 aliphatic rings. The van der Waals surface area contributed by atoms with Gasteiger partial charge in [-0.2, -0.15) is 10.1 Å². The zero-order valence-corrected chi connectivity index (χ0v) is 13.4. The fourth-order valence-electron chi connectivity index (χ4n) is 1.77. The first-order valence-electron chi connectivity index (χ1n) is 6.80. The average molecular weight is 324 g/mol. The first-order valence-corrected chi connectivity index (χ1v) is 7.17. The van der Waals surface area contributed by atoms with Crippen LogP contribution in [-0.2, 0) is 0 Å². The molecule has 0 fully saturated rings. The summed E-state index contributed by atoms with van der Waals surface area (Å²) in [5.74, 6) is 2.12. The summed E-state index contributed by atoms with van der Waals surface area (Å²) in [5, 5.41) is 14.5. The Balaban J connectivity index is 2.26. The highest BCUT2D eigenvalue weighted by Gasteiger charge is 2.11. The maximum Gasteiger partial charge on any atom is 0.244 e. The van der Waals surface area contributed by atoms with Crippen molar-refractivity contribution in [3.63, 3.8) is 0 Å². The SMILES string of the molecule is CCCNc1nncc(Nc2cc(OC)c(Cl)cc2OC)n1.